The van der Waals surface area contributed by atoms with Crippen molar-refractivity contribution in [3.63, 3.8) is 0 Å². The van der Waals surface area contributed by atoms with E-state index in [1.807, 2.05) is 0 Å². The first-order valence-electron chi connectivity index (χ1n) is 5.22. The van der Waals surface area contributed by atoms with Crippen molar-refractivity contribution in [2.24, 2.45) is 5.73 Å². The van der Waals surface area contributed by atoms with Gasteiger partial charge in [0.2, 0.25) is 0 Å². The summed E-state index contributed by atoms with van der Waals surface area (Å²) in [5.41, 5.74) is 6.03. The Bertz CT molecular complexity index is 575. The second kappa shape index (κ2) is 5.46. The van der Waals surface area contributed by atoms with Crippen molar-refractivity contribution < 1.29 is 13.5 Å². The van der Waals surface area contributed by atoms with Gasteiger partial charge in [-0.15, -0.1) is 0 Å². The maximum absolute atomic E-state index is 13.7. The average Bonchev–Trinajstić information content (AvgIpc) is 2.36. The molecule has 18 heavy (non-hydrogen) atoms. The molecular weight excluding hydrogens is 304 g/mol. The smallest absolute Gasteiger partial charge is 0.167 e. The molecule has 2 rings (SSSR count). The summed E-state index contributed by atoms with van der Waals surface area (Å²) in [7, 11) is 0. The molecule has 2 nitrogen and oxygen atoms in total. The van der Waals surface area contributed by atoms with Crippen LogP contribution in [0.5, 0.6) is 11.5 Å². The minimum Gasteiger partial charge on any atom is -0.453 e. The topological polar surface area (TPSA) is 35.2 Å². The van der Waals surface area contributed by atoms with Gasteiger partial charge in [-0.25, -0.2) is 8.78 Å². The summed E-state index contributed by atoms with van der Waals surface area (Å²) in [6, 6.07) is 8.42. The van der Waals surface area contributed by atoms with Crippen molar-refractivity contribution in [1.82, 2.24) is 0 Å². The highest BCUT2D eigenvalue weighted by molar-refractivity contribution is 9.10. The molecule has 2 N–H and O–H groups in total. The van der Waals surface area contributed by atoms with Crippen LogP contribution in [0.2, 0.25) is 0 Å². The third-order valence-electron chi connectivity index (χ3n) is 2.37. The van der Waals surface area contributed by atoms with Gasteiger partial charge >= 0.3 is 0 Å². The highest BCUT2D eigenvalue weighted by Crippen LogP contribution is 2.33. The van der Waals surface area contributed by atoms with Crippen LogP contribution in [0.25, 0.3) is 0 Å². The van der Waals surface area contributed by atoms with Crippen molar-refractivity contribution in [2.75, 3.05) is 0 Å². The van der Waals surface area contributed by atoms with Crippen LogP contribution in [0, 0.1) is 11.6 Å². The van der Waals surface area contributed by atoms with E-state index < -0.39 is 11.6 Å². The quantitative estimate of drug-likeness (QED) is 0.930. The zero-order valence-corrected chi connectivity index (χ0v) is 10.9. The van der Waals surface area contributed by atoms with Gasteiger partial charge in [0.05, 0.1) is 4.47 Å². The highest BCUT2D eigenvalue weighted by Gasteiger charge is 2.12. The van der Waals surface area contributed by atoms with E-state index in [1.54, 1.807) is 12.1 Å². The van der Waals surface area contributed by atoms with Crippen LogP contribution in [-0.2, 0) is 6.54 Å². The summed E-state index contributed by atoms with van der Waals surface area (Å²) in [5.74, 6) is -0.769. The summed E-state index contributed by atoms with van der Waals surface area (Å²) in [6.45, 7) is 0.139. The molecule has 0 aliphatic carbocycles. The molecule has 0 bridgehead atoms. The van der Waals surface area contributed by atoms with Crippen molar-refractivity contribution in [2.45, 2.75) is 6.54 Å². The molecule has 0 heterocycles. The lowest BCUT2D eigenvalue weighted by atomic mass is 10.2. The first-order chi connectivity index (χ1) is 8.61. The van der Waals surface area contributed by atoms with E-state index in [-0.39, 0.29) is 18.0 Å². The van der Waals surface area contributed by atoms with Crippen LogP contribution < -0.4 is 10.5 Å². The highest BCUT2D eigenvalue weighted by atomic mass is 79.9. The Kier molecular flexibility index (Phi) is 3.93. The molecule has 0 saturated heterocycles. The Labute approximate surface area is 112 Å². The summed E-state index contributed by atoms with van der Waals surface area (Å²) in [5, 5.41) is 0. The number of halogens is 3. The molecule has 5 heteroatoms. The molecule has 94 valence electrons. The largest absolute Gasteiger partial charge is 0.453 e. The second-order valence-electron chi connectivity index (χ2n) is 3.61. The van der Waals surface area contributed by atoms with Gasteiger partial charge in [0.25, 0.3) is 0 Å². The van der Waals surface area contributed by atoms with Gasteiger partial charge in [0.15, 0.2) is 11.6 Å². The maximum Gasteiger partial charge on any atom is 0.167 e. The molecule has 0 unspecified atom stereocenters. The standard InChI is InChI=1S/C13H10BrF2NO/c14-10-5-4-9(15)6-12(10)18-13-8(7-17)2-1-3-11(13)16/h1-6H,7,17H2. The van der Waals surface area contributed by atoms with Gasteiger partial charge < -0.3 is 10.5 Å². The SMILES string of the molecule is NCc1cccc(F)c1Oc1cc(F)ccc1Br. The molecule has 0 aliphatic rings. The summed E-state index contributed by atoms with van der Waals surface area (Å²) < 4.78 is 32.7. The van der Waals surface area contributed by atoms with Crippen LogP contribution in [0.3, 0.4) is 0 Å². The molecule has 0 amide bonds. The van der Waals surface area contributed by atoms with Crippen LogP contribution in [-0.4, -0.2) is 0 Å². The number of nitrogens with two attached hydrogens (primary N) is 1. The molecule has 2 aromatic carbocycles. The van der Waals surface area contributed by atoms with Crippen LogP contribution in [0.15, 0.2) is 40.9 Å². The second-order valence-corrected chi connectivity index (χ2v) is 4.46. The van der Waals surface area contributed by atoms with E-state index in [0.717, 1.165) is 0 Å². The Balaban J connectivity index is 2.42. The predicted molar refractivity (Wildman–Crippen MR) is 68.5 cm³/mol. The summed E-state index contributed by atoms with van der Waals surface area (Å²) >= 11 is 3.21. The molecule has 0 atom stereocenters. The van der Waals surface area contributed by atoms with Gasteiger partial charge in [-0.2, -0.15) is 0 Å². The molecule has 0 spiro atoms. The van der Waals surface area contributed by atoms with E-state index in [4.69, 9.17) is 10.5 Å². The number of ether oxygens (including phenoxy) is 1. The zero-order valence-electron chi connectivity index (χ0n) is 9.29. The van der Waals surface area contributed by atoms with Gasteiger partial charge in [-0.1, -0.05) is 12.1 Å². The van der Waals surface area contributed by atoms with Crippen molar-refractivity contribution >= 4 is 15.9 Å². The molecule has 0 saturated carbocycles. The maximum atomic E-state index is 13.7. The first kappa shape index (κ1) is 13.0. The first-order valence-corrected chi connectivity index (χ1v) is 6.01. The van der Waals surface area contributed by atoms with Gasteiger partial charge in [0.1, 0.15) is 11.6 Å². The van der Waals surface area contributed by atoms with Crippen LogP contribution in [0.4, 0.5) is 8.78 Å². The van der Waals surface area contributed by atoms with Gasteiger partial charge in [-0.05, 0) is 34.1 Å². The molecule has 0 aliphatic heterocycles. The lowest BCUT2D eigenvalue weighted by Crippen LogP contribution is -2.01. The number of para-hydroxylation sites is 1. The predicted octanol–water partition coefficient (Wildman–Crippen LogP) is 3.98. The minimum absolute atomic E-state index is 0.0197. The Morgan fingerprint density at radius 3 is 2.67 bits per heavy atom. The Morgan fingerprint density at radius 1 is 1.17 bits per heavy atom. The summed E-state index contributed by atoms with van der Waals surface area (Å²) in [4.78, 5) is 0. The third-order valence-corrected chi connectivity index (χ3v) is 3.03. The minimum atomic E-state index is -0.533. The summed E-state index contributed by atoms with van der Waals surface area (Å²) in [6.07, 6.45) is 0. The number of rotatable bonds is 3. The van der Waals surface area contributed by atoms with Gasteiger partial charge in [0, 0.05) is 18.2 Å². The van der Waals surface area contributed by atoms with Crippen LogP contribution in [0.1, 0.15) is 5.56 Å². The monoisotopic (exact) mass is 313 g/mol. The fourth-order valence-electron chi connectivity index (χ4n) is 1.49. The number of hydrogen-bond acceptors (Lipinski definition) is 2. The Morgan fingerprint density at radius 2 is 1.94 bits per heavy atom. The van der Waals surface area contributed by atoms with E-state index >= 15 is 0 Å². The van der Waals surface area contributed by atoms with E-state index in [9.17, 15) is 8.78 Å². The van der Waals surface area contributed by atoms with Gasteiger partial charge in [-0.3, -0.25) is 0 Å². The molecule has 0 aromatic heterocycles. The zero-order chi connectivity index (χ0) is 13.1. The lowest BCUT2D eigenvalue weighted by molar-refractivity contribution is 0.431. The fraction of sp³-hybridized carbons (Fsp3) is 0.0769. The van der Waals surface area contributed by atoms with Crippen LogP contribution >= 0.6 is 15.9 Å². The lowest BCUT2D eigenvalue weighted by Gasteiger charge is -2.12. The number of hydrogen-bond donors (Lipinski definition) is 1. The van der Waals surface area contributed by atoms with E-state index in [2.05, 4.69) is 15.9 Å². The van der Waals surface area contributed by atoms with Crippen molar-refractivity contribution in [3.8, 4) is 11.5 Å². The normalized spacial score (nSPS) is 10.4. The van der Waals surface area contributed by atoms with Crippen molar-refractivity contribution in [3.05, 3.63) is 58.1 Å². The average molecular weight is 314 g/mol. The molecule has 2 aromatic rings. The van der Waals surface area contributed by atoms with E-state index in [0.29, 0.717) is 10.0 Å². The van der Waals surface area contributed by atoms with E-state index in [1.165, 1.54) is 24.3 Å². The Hall–Kier alpha value is -1.46. The molecular formula is C13H10BrF2NO. The molecule has 0 radical (unpaired) electrons. The third kappa shape index (κ3) is 2.68. The van der Waals surface area contributed by atoms with Crippen molar-refractivity contribution in [1.29, 1.82) is 0 Å². The molecule has 0 fully saturated rings. The number of benzene rings is 2. The fourth-order valence-corrected chi connectivity index (χ4v) is 1.82.